The van der Waals surface area contributed by atoms with Gasteiger partial charge in [0.1, 0.15) is 0 Å². The lowest BCUT2D eigenvalue weighted by atomic mass is 10.1. The molecule has 1 aliphatic rings. The van der Waals surface area contributed by atoms with E-state index in [1.165, 1.54) is 0 Å². The van der Waals surface area contributed by atoms with E-state index in [1.807, 2.05) is 6.92 Å². The maximum atomic E-state index is 11.7. The third-order valence-electron chi connectivity index (χ3n) is 2.94. The summed E-state index contributed by atoms with van der Waals surface area (Å²) >= 11 is 4.80. The number of carbonyl (C=O) groups is 2. The molecule has 0 radical (unpaired) electrons. The van der Waals surface area contributed by atoms with Gasteiger partial charge in [0.05, 0.1) is 17.5 Å². The van der Waals surface area contributed by atoms with Gasteiger partial charge in [0.2, 0.25) is 11.8 Å². The smallest absolute Gasteiger partial charge is 0.241 e. The fourth-order valence-corrected chi connectivity index (χ4v) is 2.15. The Morgan fingerprint density at radius 3 is 2.47 bits per heavy atom. The number of hydrogen-bond donors (Lipinski definition) is 2. The van der Waals surface area contributed by atoms with E-state index >= 15 is 0 Å². The lowest BCUT2D eigenvalue weighted by Crippen LogP contribution is -2.43. The summed E-state index contributed by atoms with van der Waals surface area (Å²) in [6.07, 6.45) is 2.65. The van der Waals surface area contributed by atoms with Gasteiger partial charge in [-0.15, -0.1) is 0 Å². The van der Waals surface area contributed by atoms with Gasteiger partial charge >= 0.3 is 0 Å². The average molecular weight is 257 g/mol. The highest BCUT2D eigenvalue weighted by Crippen LogP contribution is 2.07. The van der Waals surface area contributed by atoms with Crippen LogP contribution in [-0.4, -0.2) is 41.3 Å². The second kappa shape index (κ2) is 6.54. The van der Waals surface area contributed by atoms with Crippen LogP contribution in [0, 0.1) is 5.92 Å². The molecular formula is C11H19N3O2S. The first-order valence-electron chi connectivity index (χ1n) is 5.91. The largest absolute Gasteiger partial charge is 0.393 e. The zero-order valence-electron chi connectivity index (χ0n) is 10.1. The van der Waals surface area contributed by atoms with Crippen molar-refractivity contribution < 1.29 is 9.59 Å². The summed E-state index contributed by atoms with van der Waals surface area (Å²) in [4.78, 5) is 25.3. The van der Waals surface area contributed by atoms with Gasteiger partial charge in [-0.05, 0) is 19.3 Å². The molecule has 0 bridgehead atoms. The number of nitrogens with zero attached hydrogens (tertiary/aromatic N) is 1. The van der Waals surface area contributed by atoms with Gasteiger partial charge in [0, 0.05) is 13.1 Å². The summed E-state index contributed by atoms with van der Waals surface area (Å²) < 4.78 is 0. The lowest BCUT2D eigenvalue weighted by molar-refractivity contribution is -0.132. The molecule has 0 saturated carbocycles. The fourth-order valence-electron chi connectivity index (χ4n) is 1.88. The van der Waals surface area contributed by atoms with Gasteiger partial charge in [-0.1, -0.05) is 19.1 Å². The Morgan fingerprint density at radius 1 is 1.41 bits per heavy atom. The number of likely N-dealkylation sites (tertiary alicyclic amines) is 1. The van der Waals surface area contributed by atoms with E-state index in [2.05, 4.69) is 5.32 Å². The molecule has 0 aromatic heterocycles. The van der Waals surface area contributed by atoms with E-state index in [0.717, 1.165) is 25.9 Å². The molecule has 1 heterocycles. The van der Waals surface area contributed by atoms with Crippen molar-refractivity contribution in [3.8, 4) is 0 Å². The van der Waals surface area contributed by atoms with Crippen LogP contribution in [0.5, 0.6) is 0 Å². The van der Waals surface area contributed by atoms with Crippen molar-refractivity contribution in [3.05, 3.63) is 0 Å². The van der Waals surface area contributed by atoms with Gasteiger partial charge in [-0.3, -0.25) is 9.59 Å². The Balaban J connectivity index is 2.36. The van der Waals surface area contributed by atoms with Crippen LogP contribution in [0.25, 0.3) is 0 Å². The predicted molar refractivity (Wildman–Crippen MR) is 69.4 cm³/mol. The highest BCUT2D eigenvalue weighted by Gasteiger charge is 2.22. The number of nitrogens with one attached hydrogen (secondary N) is 1. The molecule has 1 unspecified atom stereocenters. The molecule has 2 amide bonds. The standard InChI is InChI=1S/C11H19N3O2S/c1-2-8(10(12)17)11(16)13-7-9(15)14-5-3-4-6-14/h8H,2-7H2,1H3,(H2,12,17)(H,13,16). The molecule has 1 rings (SSSR count). The minimum Gasteiger partial charge on any atom is -0.393 e. The average Bonchev–Trinajstić information content (AvgIpc) is 2.79. The van der Waals surface area contributed by atoms with Gasteiger partial charge in [-0.25, -0.2) is 0 Å². The van der Waals surface area contributed by atoms with Gasteiger partial charge in [0.25, 0.3) is 0 Å². The Morgan fingerprint density at radius 2 is 2.00 bits per heavy atom. The summed E-state index contributed by atoms with van der Waals surface area (Å²) in [6.45, 7) is 3.46. The molecule has 0 aromatic rings. The van der Waals surface area contributed by atoms with E-state index < -0.39 is 5.92 Å². The van der Waals surface area contributed by atoms with Crippen LogP contribution < -0.4 is 11.1 Å². The van der Waals surface area contributed by atoms with Crippen molar-refractivity contribution in [3.63, 3.8) is 0 Å². The molecule has 0 aromatic carbocycles. The monoisotopic (exact) mass is 257 g/mol. The molecule has 1 atom stereocenters. The SMILES string of the molecule is CCC(C(=O)NCC(=O)N1CCCC1)C(N)=S. The number of nitrogens with two attached hydrogens (primary N) is 1. The molecule has 3 N–H and O–H groups in total. The van der Waals surface area contributed by atoms with Crippen LogP contribution in [-0.2, 0) is 9.59 Å². The maximum Gasteiger partial charge on any atom is 0.241 e. The zero-order valence-corrected chi connectivity index (χ0v) is 10.9. The molecular weight excluding hydrogens is 238 g/mol. The Bertz CT molecular complexity index is 314. The highest BCUT2D eigenvalue weighted by molar-refractivity contribution is 7.80. The lowest BCUT2D eigenvalue weighted by Gasteiger charge is -2.17. The molecule has 1 saturated heterocycles. The van der Waals surface area contributed by atoms with Crippen LogP contribution in [0.2, 0.25) is 0 Å². The molecule has 0 aliphatic carbocycles. The molecule has 1 fully saturated rings. The number of amides is 2. The van der Waals surface area contributed by atoms with Gasteiger partial charge in [0.15, 0.2) is 0 Å². The fraction of sp³-hybridized carbons (Fsp3) is 0.727. The summed E-state index contributed by atoms with van der Waals surface area (Å²) in [5, 5.41) is 2.59. The van der Waals surface area contributed by atoms with E-state index in [-0.39, 0.29) is 23.3 Å². The Labute approximate surface area is 107 Å². The normalized spacial score (nSPS) is 16.6. The molecule has 5 nitrogen and oxygen atoms in total. The third kappa shape index (κ3) is 3.96. The summed E-state index contributed by atoms with van der Waals surface area (Å²) in [5.41, 5.74) is 5.45. The molecule has 1 aliphatic heterocycles. The number of rotatable bonds is 5. The van der Waals surface area contributed by atoms with Crippen molar-refractivity contribution in [2.75, 3.05) is 19.6 Å². The number of thiocarbonyl (C=S) groups is 1. The Hall–Kier alpha value is -1.17. The van der Waals surface area contributed by atoms with Crippen molar-refractivity contribution in [1.29, 1.82) is 0 Å². The van der Waals surface area contributed by atoms with Crippen molar-refractivity contribution in [1.82, 2.24) is 10.2 Å². The maximum absolute atomic E-state index is 11.7. The minimum absolute atomic E-state index is 0.0337. The van der Waals surface area contributed by atoms with Crippen LogP contribution in [0.15, 0.2) is 0 Å². The summed E-state index contributed by atoms with van der Waals surface area (Å²) in [7, 11) is 0. The topological polar surface area (TPSA) is 75.4 Å². The zero-order chi connectivity index (χ0) is 12.8. The van der Waals surface area contributed by atoms with E-state index in [1.54, 1.807) is 4.90 Å². The van der Waals surface area contributed by atoms with E-state index in [9.17, 15) is 9.59 Å². The van der Waals surface area contributed by atoms with Gasteiger partial charge in [-0.2, -0.15) is 0 Å². The first kappa shape index (κ1) is 13.9. The van der Waals surface area contributed by atoms with Crippen molar-refractivity contribution >= 4 is 29.0 Å². The highest BCUT2D eigenvalue weighted by atomic mass is 32.1. The van der Waals surface area contributed by atoms with Crippen molar-refractivity contribution in [2.24, 2.45) is 11.7 Å². The van der Waals surface area contributed by atoms with Crippen LogP contribution in [0.3, 0.4) is 0 Å². The number of hydrogen-bond acceptors (Lipinski definition) is 3. The van der Waals surface area contributed by atoms with Crippen LogP contribution in [0.1, 0.15) is 26.2 Å². The van der Waals surface area contributed by atoms with Crippen LogP contribution >= 0.6 is 12.2 Å². The minimum atomic E-state index is -0.476. The van der Waals surface area contributed by atoms with Gasteiger partial charge < -0.3 is 16.0 Å². The van der Waals surface area contributed by atoms with Crippen LogP contribution in [0.4, 0.5) is 0 Å². The second-order valence-electron chi connectivity index (χ2n) is 4.17. The summed E-state index contributed by atoms with van der Waals surface area (Å²) in [6, 6.07) is 0. The first-order valence-corrected chi connectivity index (χ1v) is 6.32. The summed E-state index contributed by atoms with van der Waals surface area (Å²) in [5.74, 6) is -0.766. The Kier molecular flexibility index (Phi) is 5.34. The third-order valence-corrected chi connectivity index (χ3v) is 3.23. The quantitative estimate of drug-likeness (QED) is 0.682. The molecule has 6 heteroatoms. The predicted octanol–water partition coefficient (Wildman–Crippen LogP) is 0.0373. The van der Waals surface area contributed by atoms with E-state index in [4.69, 9.17) is 18.0 Å². The van der Waals surface area contributed by atoms with Crippen molar-refractivity contribution in [2.45, 2.75) is 26.2 Å². The second-order valence-corrected chi connectivity index (χ2v) is 4.64. The molecule has 17 heavy (non-hydrogen) atoms. The number of carbonyl (C=O) groups excluding carboxylic acids is 2. The first-order chi connectivity index (χ1) is 8.06. The molecule has 0 spiro atoms. The van der Waals surface area contributed by atoms with E-state index in [0.29, 0.717) is 6.42 Å². The molecule has 96 valence electrons.